The van der Waals surface area contributed by atoms with Crippen molar-refractivity contribution >= 4 is 11.8 Å². The van der Waals surface area contributed by atoms with Crippen molar-refractivity contribution < 1.29 is 9.59 Å². The van der Waals surface area contributed by atoms with Gasteiger partial charge < -0.3 is 10.6 Å². The Balaban J connectivity index is 1.61. The number of amides is 2. The predicted molar refractivity (Wildman–Crippen MR) is 79.5 cm³/mol. The number of carbonyl (C=O) groups is 2. The van der Waals surface area contributed by atoms with Crippen molar-refractivity contribution in [3.63, 3.8) is 0 Å². The van der Waals surface area contributed by atoms with E-state index in [2.05, 4.69) is 15.7 Å². The fraction of sp³-hybridized carbons (Fsp3) is 0.667. The van der Waals surface area contributed by atoms with Crippen LogP contribution in [0.3, 0.4) is 0 Å². The van der Waals surface area contributed by atoms with Crippen LogP contribution in [0.2, 0.25) is 0 Å². The molecule has 0 spiro atoms. The van der Waals surface area contributed by atoms with Crippen LogP contribution >= 0.6 is 0 Å². The van der Waals surface area contributed by atoms with E-state index in [4.69, 9.17) is 0 Å². The number of aromatic nitrogens is 2. The smallest absolute Gasteiger partial charge is 0.220 e. The molecule has 116 valence electrons. The van der Waals surface area contributed by atoms with Gasteiger partial charge in [-0.15, -0.1) is 0 Å². The zero-order valence-electron chi connectivity index (χ0n) is 12.5. The Morgan fingerprint density at radius 3 is 2.67 bits per heavy atom. The lowest BCUT2D eigenvalue weighted by Gasteiger charge is -2.15. The molecule has 2 rings (SSSR count). The highest BCUT2D eigenvalue weighted by Gasteiger charge is 2.17. The number of carbonyl (C=O) groups excluding carboxylic acids is 2. The second-order valence-electron chi connectivity index (χ2n) is 5.75. The maximum atomic E-state index is 11.8. The number of hydrogen-bond donors (Lipinski definition) is 2. The summed E-state index contributed by atoms with van der Waals surface area (Å²) in [7, 11) is 0. The molecule has 1 saturated carbocycles. The summed E-state index contributed by atoms with van der Waals surface area (Å²) >= 11 is 0. The van der Waals surface area contributed by atoms with Crippen molar-refractivity contribution in [3.8, 4) is 0 Å². The van der Waals surface area contributed by atoms with E-state index < -0.39 is 0 Å². The summed E-state index contributed by atoms with van der Waals surface area (Å²) < 4.78 is 1.78. The van der Waals surface area contributed by atoms with Crippen LogP contribution in [0.4, 0.5) is 0 Å². The Kier molecular flexibility index (Phi) is 5.78. The van der Waals surface area contributed by atoms with Crippen LogP contribution in [-0.2, 0) is 16.1 Å². The molecule has 6 nitrogen and oxygen atoms in total. The lowest BCUT2D eigenvalue weighted by atomic mass is 10.2. The van der Waals surface area contributed by atoms with E-state index in [0.29, 0.717) is 12.6 Å². The molecule has 21 heavy (non-hydrogen) atoms. The third-order valence-electron chi connectivity index (χ3n) is 3.73. The second-order valence-corrected chi connectivity index (χ2v) is 5.75. The Hall–Kier alpha value is -1.85. The normalized spacial score (nSPS) is 16.6. The zero-order valence-corrected chi connectivity index (χ0v) is 12.5. The first-order valence-corrected chi connectivity index (χ1v) is 7.69. The van der Waals surface area contributed by atoms with Crippen molar-refractivity contribution in [2.45, 2.75) is 64.1 Å². The average molecular weight is 292 g/mol. The average Bonchev–Trinajstić information content (AvgIpc) is 3.10. The first-order valence-electron chi connectivity index (χ1n) is 7.69. The third kappa shape index (κ3) is 5.57. The van der Waals surface area contributed by atoms with Crippen LogP contribution in [-0.4, -0.2) is 33.7 Å². The van der Waals surface area contributed by atoms with Crippen LogP contribution < -0.4 is 10.6 Å². The lowest BCUT2D eigenvalue weighted by Crippen LogP contribution is -2.37. The van der Waals surface area contributed by atoms with Gasteiger partial charge in [0, 0.05) is 37.3 Å². The molecule has 0 aliphatic heterocycles. The molecule has 1 aromatic heterocycles. The SMILES string of the molecule is C[C@@H](Cn1cccn1)NC(=O)CCC(=O)NC1CCCC1. The van der Waals surface area contributed by atoms with Gasteiger partial charge in [-0.05, 0) is 25.8 Å². The Morgan fingerprint density at radius 1 is 1.29 bits per heavy atom. The van der Waals surface area contributed by atoms with E-state index in [-0.39, 0.29) is 30.7 Å². The summed E-state index contributed by atoms with van der Waals surface area (Å²) in [5.41, 5.74) is 0. The molecular formula is C15H24N4O2. The molecule has 0 saturated heterocycles. The molecule has 1 heterocycles. The van der Waals surface area contributed by atoms with E-state index in [9.17, 15) is 9.59 Å². The standard InChI is InChI=1S/C15H24N4O2/c1-12(11-19-10-4-9-16-19)17-14(20)7-8-15(21)18-13-5-2-3-6-13/h4,9-10,12-13H,2-3,5-8,11H2,1H3,(H,17,20)(H,18,21)/t12-/m0/s1. The minimum atomic E-state index is -0.0868. The van der Waals surface area contributed by atoms with Gasteiger partial charge in [-0.3, -0.25) is 14.3 Å². The zero-order chi connectivity index (χ0) is 15.1. The van der Waals surface area contributed by atoms with E-state index >= 15 is 0 Å². The quantitative estimate of drug-likeness (QED) is 0.793. The van der Waals surface area contributed by atoms with Gasteiger partial charge in [0.25, 0.3) is 0 Å². The molecule has 1 fully saturated rings. The summed E-state index contributed by atoms with van der Waals surface area (Å²) in [4.78, 5) is 23.5. The van der Waals surface area contributed by atoms with Gasteiger partial charge in [-0.25, -0.2) is 0 Å². The first-order chi connectivity index (χ1) is 10.1. The molecule has 1 aromatic rings. The van der Waals surface area contributed by atoms with Gasteiger partial charge >= 0.3 is 0 Å². The second kappa shape index (κ2) is 7.81. The maximum Gasteiger partial charge on any atom is 0.220 e. The fourth-order valence-corrected chi connectivity index (χ4v) is 2.68. The van der Waals surface area contributed by atoms with Crippen molar-refractivity contribution in [3.05, 3.63) is 18.5 Å². The Labute approximate surface area is 125 Å². The molecule has 6 heteroatoms. The summed E-state index contributed by atoms with van der Waals surface area (Å²) in [5, 5.41) is 9.97. The highest BCUT2D eigenvalue weighted by atomic mass is 16.2. The van der Waals surface area contributed by atoms with Crippen molar-refractivity contribution in [2.75, 3.05) is 0 Å². The van der Waals surface area contributed by atoms with E-state index in [1.54, 1.807) is 10.9 Å². The fourth-order valence-electron chi connectivity index (χ4n) is 2.68. The lowest BCUT2D eigenvalue weighted by molar-refractivity contribution is -0.127. The monoisotopic (exact) mass is 292 g/mol. The predicted octanol–water partition coefficient (Wildman–Crippen LogP) is 1.23. The molecule has 1 aliphatic carbocycles. The largest absolute Gasteiger partial charge is 0.353 e. The minimum absolute atomic E-state index is 0.00436. The molecule has 0 aromatic carbocycles. The number of hydrogen-bond acceptors (Lipinski definition) is 3. The topological polar surface area (TPSA) is 76.0 Å². The van der Waals surface area contributed by atoms with E-state index in [1.807, 2.05) is 19.2 Å². The first kappa shape index (κ1) is 15.5. The summed E-state index contributed by atoms with van der Waals surface area (Å²) in [6.07, 6.45) is 8.59. The number of nitrogens with zero attached hydrogens (tertiary/aromatic N) is 2. The summed E-state index contributed by atoms with van der Waals surface area (Å²) in [5.74, 6) is -0.104. The van der Waals surface area contributed by atoms with Gasteiger partial charge in [-0.2, -0.15) is 5.10 Å². The van der Waals surface area contributed by atoms with Gasteiger partial charge in [0.2, 0.25) is 11.8 Å². The number of rotatable bonds is 7. The maximum absolute atomic E-state index is 11.8. The van der Waals surface area contributed by atoms with Crippen LogP contribution in [0.5, 0.6) is 0 Å². The molecule has 1 aliphatic rings. The van der Waals surface area contributed by atoms with Crippen molar-refractivity contribution in [2.24, 2.45) is 0 Å². The van der Waals surface area contributed by atoms with Gasteiger partial charge in [0.15, 0.2) is 0 Å². The Bertz CT molecular complexity index is 452. The number of nitrogens with one attached hydrogen (secondary N) is 2. The molecule has 1 atom stereocenters. The van der Waals surface area contributed by atoms with Gasteiger partial charge in [-0.1, -0.05) is 12.8 Å². The Morgan fingerprint density at radius 2 is 2.00 bits per heavy atom. The molecule has 0 unspecified atom stereocenters. The molecular weight excluding hydrogens is 268 g/mol. The summed E-state index contributed by atoms with van der Waals surface area (Å²) in [6, 6.07) is 2.16. The molecule has 2 amide bonds. The van der Waals surface area contributed by atoms with Gasteiger partial charge in [0.1, 0.15) is 0 Å². The van der Waals surface area contributed by atoms with E-state index in [0.717, 1.165) is 12.8 Å². The molecule has 0 bridgehead atoms. The summed E-state index contributed by atoms with van der Waals surface area (Å²) in [6.45, 7) is 2.56. The van der Waals surface area contributed by atoms with Crippen LogP contribution in [0, 0.1) is 0 Å². The molecule has 0 radical (unpaired) electrons. The van der Waals surface area contributed by atoms with Crippen LogP contribution in [0.1, 0.15) is 45.4 Å². The van der Waals surface area contributed by atoms with Crippen LogP contribution in [0.15, 0.2) is 18.5 Å². The highest BCUT2D eigenvalue weighted by Crippen LogP contribution is 2.17. The molecule has 2 N–H and O–H groups in total. The van der Waals surface area contributed by atoms with Crippen molar-refractivity contribution in [1.82, 2.24) is 20.4 Å². The van der Waals surface area contributed by atoms with Crippen LogP contribution in [0.25, 0.3) is 0 Å². The highest BCUT2D eigenvalue weighted by molar-refractivity contribution is 5.83. The van der Waals surface area contributed by atoms with Crippen molar-refractivity contribution in [1.29, 1.82) is 0 Å². The van der Waals surface area contributed by atoms with E-state index in [1.165, 1.54) is 12.8 Å². The van der Waals surface area contributed by atoms with Gasteiger partial charge in [0.05, 0.1) is 6.54 Å². The third-order valence-corrected chi connectivity index (χ3v) is 3.73. The minimum Gasteiger partial charge on any atom is -0.353 e.